The van der Waals surface area contributed by atoms with Gasteiger partial charge in [-0.2, -0.15) is 0 Å². The third kappa shape index (κ3) is 7.08. The standard InChI is InChI=1S/C28H33N5O3S2/c1-18(2)36-27(35)20-5-7-21(8-6-20)29-25(34)24-17-38-26(31-24)19-13-15-33(16-14-19)28(37)30-22-9-11-23(12-10-22)32(3)4/h5-12,17-19H,13-16H2,1-4H3,(H,29,34)(H,30,37). The zero-order valence-corrected chi connectivity index (χ0v) is 23.7. The lowest BCUT2D eigenvalue weighted by Crippen LogP contribution is -2.40. The van der Waals surface area contributed by atoms with Gasteiger partial charge in [0.05, 0.1) is 16.7 Å². The van der Waals surface area contributed by atoms with Gasteiger partial charge in [-0.05, 0) is 87.4 Å². The average molecular weight is 552 g/mol. The molecule has 1 fully saturated rings. The summed E-state index contributed by atoms with van der Waals surface area (Å²) >= 11 is 7.17. The zero-order valence-electron chi connectivity index (χ0n) is 22.1. The Labute approximate surface area is 233 Å². The summed E-state index contributed by atoms with van der Waals surface area (Å²) in [7, 11) is 4.03. The van der Waals surface area contributed by atoms with Gasteiger partial charge in [-0.3, -0.25) is 4.79 Å². The number of likely N-dealkylation sites (tertiary alicyclic amines) is 1. The quantitative estimate of drug-likeness (QED) is 0.290. The number of thiazole rings is 1. The zero-order chi connectivity index (χ0) is 27.2. The fraction of sp³-hybridized carbons (Fsp3) is 0.357. The molecule has 3 aromatic rings. The molecule has 0 radical (unpaired) electrons. The normalized spacial score (nSPS) is 13.8. The van der Waals surface area contributed by atoms with Crippen molar-refractivity contribution < 1.29 is 14.3 Å². The van der Waals surface area contributed by atoms with Crippen LogP contribution in [-0.4, -0.2) is 60.2 Å². The molecule has 1 aliphatic rings. The number of amides is 1. The highest BCUT2D eigenvalue weighted by molar-refractivity contribution is 7.80. The van der Waals surface area contributed by atoms with E-state index in [2.05, 4.69) is 37.6 Å². The summed E-state index contributed by atoms with van der Waals surface area (Å²) in [6.07, 6.45) is 1.65. The lowest BCUT2D eigenvalue weighted by Gasteiger charge is -2.33. The third-order valence-electron chi connectivity index (χ3n) is 6.24. The monoisotopic (exact) mass is 551 g/mol. The van der Waals surface area contributed by atoms with Gasteiger partial charge in [-0.1, -0.05) is 0 Å². The Balaban J connectivity index is 1.27. The van der Waals surface area contributed by atoms with Crippen molar-refractivity contribution in [3.05, 3.63) is 70.2 Å². The minimum absolute atomic E-state index is 0.188. The van der Waals surface area contributed by atoms with Gasteiger partial charge in [0.2, 0.25) is 0 Å². The van der Waals surface area contributed by atoms with Crippen molar-refractivity contribution in [2.45, 2.75) is 38.7 Å². The smallest absolute Gasteiger partial charge is 0.338 e. The Morgan fingerprint density at radius 1 is 1.03 bits per heavy atom. The molecule has 0 unspecified atom stereocenters. The third-order valence-corrected chi connectivity index (χ3v) is 7.61. The Bertz CT molecular complexity index is 1260. The van der Waals surface area contributed by atoms with Crippen molar-refractivity contribution in [3.63, 3.8) is 0 Å². The molecule has 1 amide bonds. The highest BCUT2D eigenvalue weighted by Crippen LogP contribution is 2.31. The van der Waals surface area contributed by atoms with Crippen LogP contribution in [0.2, 0.25) is 0 Å². The van der Waals surface area contributed by atoms with E-state index in [-0.39, 0.29) is 18.0 Å². The van der Waals surface area contributed by atoms with E-state index < -0.39 is 0 Å². The number of hydrogen-bond acceptors (Lipinski definition) is 7. The van der Waals surface area contributed by atoms with E-state index in [9.17, 15) is 9.59 Å². The Morgan fingerprint density at radius 3 is 2.24 bits per heavy atom. The largest absolute Gasteiger partial charge is 0.459 e. The molecule has 1 aromatic heterocycles. The second-order valence-corrected chi connectivity index (χ2v) is 11.0. The van der Waals surface area contributed by atoms with Gasteiger partial charge in [-0.15, -0.1) is 11.3 Å². The molecule has 0 aliphatic carbocycles. The van der Waals surface area contributed by atoms with Crippen molar-refractivity contribution in [2.75, 3.05) is 42.7 Å². The van der Waals surface area contributed by atoms with Crippen LogP contribution in [0.4, 0.5) is 17.1 Å². The van der Waals surface area contributed by atoms with Gasteiger partial charge < -0.3 is 25.2 Å². The molecule has 2 N–H and O–H groups in total. The van der Waals surface area contributed by atoms with E-state index in [1.807, 2.05) is 26.2 Å². The second-order valence-electron chi connectivity index (χ2n) is 9.69. The summed E-state index contributed by atoms with van der Waals surface area (Å²) in [5.41, 5.74) is 3.55. The number of nitrogens with one attached hydrogen (secondary N) is 2. The first-order valence-corrected chi connectivity index (χ1v) is 13.9. The molecule has 200 valence electrons. The molecule has 38 heavy (non-hydrogen) atoms. The number of carbonyl (C=O) groups is 2. The van der Waals surface area contributed by atoms with Crippen LogP contribution in [0.3, 0.4) is 0 Å². The minimum atomic E-state index is -0.386. The molecule has 4 rings (SSSR count). The SMILES string of the molecule is CC(C)OC(=O)c1ccc(NC(=O)c2csc(C3CCN(C(=S)Nc4ccc(N(C)C)cc4)CC3)n2)cc1. The number of anilines is 3. The van der Waals surface area contributed by atoms with Gasteiger partial charge in [-0.25, -0.2) is 9.78 Å². The molecule has 0 saturated carbocycles. The van der Waals surface area contributed by atoms with Gasteiger partial charge in [0, 0.05) is 55.5 Å². The number of esters is 1. The van der Waals surface area contributed by atoms with E-state index >= 15 is 0 Å². The van der Waals surface area contributed by atoms with Crippen LogP contribution in [0.1, 0.15) is 58.5 Å². The lowest BCUT2D eigenvalue weighted by atomic mass is 9.98. The van der Waals surface area contributed by atoms with Crippen LogP contribution in [-0.2, 0) is 4.74 Å². The Morgan fingerprint density at radius 2 is 1.63 bits per heavy atom. The van der Waals surface area contributed by atoms with Crippen molar-refractivity contribution in [2.24, 2.45) is 0 Å². The van der Waals surface area contributed by atoms with Crippen LogP contribution >= 0.6 is 23.6 Å². The molecule has 2 heterocycles. The topological polar surface area (TPSA) is 86.8 Å². The average Bonchev–Trinajstić information content (AvgIpc) is 3.40. The number of hydrogen-bond donors (Lipinski definition) is 2. The van der Waals surface area contributed by atoms with Gasteiger partial charge >= 0.3 is 5.97 Å². The molecule has 0 spiro atoms. The van der Waals surface area contributed by atoms with Crippen LogP contribution in [0.5, 0.6) is 0 Å². The Kier molecular flexibility index (Phi) is 8.96. The highest BCUT2D eigenvalue weighted by atomic mass is 32.1. The van der Waals surface area contributed by atoms with E-state index in [4.69, 9.17) is 17.0 Å². The number of benzene rings is 2. The first kappa shape index (κ1) is 27.5. The molecule has 1 saturated heterocycles. The number of carbonyl (C=O) groups excluding carboxylic acids is 2. The van der Waals surface area contributed by atoms with Gasteiger partial charge in [0.25, 0.3) is 5.91 Å². The van der Waals surface area contributed by atoms with Crippen molar-refractivity contribution in [1.82, 2.24) is 9.88 Å². The number of ether oxygens (including phenoxy) is 1. The fourth-order valence-corrected chi connectivity index (χ4v) is 5.39. The first-order chi connectivity index (χ1) is 18.2. The maximum absolute atomic E-state index is 12.8. The fourth-order valence-electron chi connectivity index (χ4n) is 4.12. The predicted octanol–water partition coefficient (Wildman–Crippen LogP) is 5.60. The summed E-state index contributed by atoms with van der Waals surface area (Å²) in [5, 5.41) is 9.69. The van der Waals surface area contributed by atoms with Crippen molar-refractivity contribution >= 4 is 57.6 Å². The molecule has 1 aliphatic heterocycles. The van der Waals surface area contributed by atoms with Crippen LogP contribution in [0, 0.1) is 0 Å². The van der Waals surface area contributed by atoms with Crippen LogP contribution < -0.4 is 15.5 Å². The molecular formula is C28H33N5O3S2. The van der Waals surface area contributed by atoms with Crippen molar-refractivity contribution in [3.8, 4) is 0 Å². The maximum Gasteiger partial charge on any atom is 0.338 e. The summed E-state index contributed by atoms with van der Waals surface area (Å²) in [4.78, 5) is 33.6. The maximum atomic E-state index is 12.8. The minimum Gasteiger partial charge on any atom is -0.459 e. The van der Waals surface area contributed by atoms with Gasteiger partial charge in [0.15, 0.2) is 5.11 Å². The molecule has 2 aromatic carbocycles. The summed E-state index contributed by atoms with van der Waals surface area (Å²) in [5.74, 6) is -0.359. The number of piperidine rings is 1. The first-order valence-electron chi connectivity index (χ1n) is 12.6. The number of rotatable bonds is 7. The van der Waals surface area contributed by atoms with Crippen LogP contribution in [0.25, 0.3) is 0 Å². The van der Waals surface area contributed by atoms with E-state index in [0.29, 0.717) is 22.9 Å². The summed E-state index contributed by atoms with van der Waals surface area (Å²) < 4.78 is 5.19. The number of nitrogens with zero attached hydrogens (tertiary/aromatic N) is 3. The molecule has 0 atom stereocenters. The molecule has 0 bridgehead atoms. The van der Waals surface area contributed by atoms with Crippen molar-refractivity contribution in [1.29, 1.82) is 0 Å². The summed E-state index contributed by atoms with van der Waals surface area (Å²) in [6.45, 7) is 5.27. The highest BCUT2D eigenvalue weighted by Gasteiger charge is 2.25. The summed E-state index contributed by atoms with van der Waals surface area (Å²) in [6, 6.07) is 14.8. The van der Waals surface area contributed by atoms with E-state index in [1.165, 1.54) is 11.3 Å². The molecular weight excluding hydrogens is 518 g/mol. The second kappa shape index (κ2) is 12.4. The molecule has 10 heteroatoms. The molecule has 8 nitrogen and oxygen atoms in total. The van der Waals surface area contributed by atoms with E-state index in [0.717, 1.165) is 47.4 Å². The van der Waals surface area contributed by atoms with Gasteiger partial charge in [0.1, 0.15) is 5.69 Å². The van der Waals surface area contributed by atoms with Crippen LogP contribution in [0.15, 0.2) is 53.9 Å². The lowest BCUT2D eigenvalue weighted by molar-refractivity contribution is 0.0378. The number of thiocarbonyl (C=S) groups is 1. The van der Waals surface area contributed by atoms with E-state index in [1.54, 1.807) is 43.5 Å². The number of aromatic nitrogens is 1. The predicted molar refractivity (Wildman–Crippen MR) is 158 cm³/mol. The Hall–Kier alpha value is -3.50.